The summed E-state index contributed by atoms with van der Waals surface area (Å²) in [5.41, 5.74) is 8.71. The van der Waals surface area contributed by atoms with E-state index in [1.165, 1.54) is 14.7 Å². The topological polar surface area (TPSA) is 26.0 Å². The molecule has 1 heterocycles. The van der Waals surface area contributed by atoms with E-state index in [0.717, 1.165) is 10.9 Å². The third-order valence-corrected chi connectivity index (χ3v) is 4.52. The van der Waals surface area contributed by atoms with Gasteiger partial charge in [0.25, 0.3) is 0 Å². The molecule has 0 saturated heterocycles. The lowest BCUT2D eigenvalue weighted by molar-refractivity contribution is 0.719. The van der Waals surface area contributed by atoms with Crippen LogP contribution in [-0.2, 0) is 6.42 Å². The Morgan fingerprint density at radius 3 is 2.88 bits per heavy atom. The van der Waals surface area contributed by atoms with Crippen molar-refractivity contribution in [2.45, 2.75) is 12.5 Å². The SMILES string of the molecule is NC(Cc1ccsc1)c1cc(I)ccc1Br. The van der Waals surface area contributed by atoms with Crippen LogP contribution in [-0.4, -0.2) is 0 Å². The molecule has 2 rings (SSSR count). The Hall–Kier alpha value is 0.0900. The normalized spacial score (nSPS) is 12.7. The zero-order valence-electron chi connectivity index (χ0n) is 8.49. The Bertz CT molecular complexity index is 470. The van der Waals surface area contributed by atoms with Gasteiger partial charge in [0.1, 0.15) is 0 Å². The Balaban J connectivity index is 2.20. The van der Waals surface area contributed by atoms with Crippen molar-refractivity contribution >= 4 is 49.9 Å². The number of thiophene rings is 1. The van der Waals surface area contributed by atoms with Crippen molar-refractivity contribution in [2.75, 3.05) is 0 Å². The van der Waals surface area contributed by atoms with E-state index < -0.39 is 0 Å². The van der Waals surface area contributed by atoms with Gasteiger partial charge in [-0.25, -0.2) is 0 Å². The first-order valence-electron chi connectivity index (χ1n) is 4.88. The molecule has 1 unspecified atom stereocenters. The van der Waals surface area contributed by atoms with E-state index in [2.05, 4.69) is 73.5 Å². The molecule has 1 aromatic heterocycles. The highest BCUT2D eigenvalue weighted by atomic mass is 127. The van der Waals surface area contributed by atoms with Gasteiger partial charge in [-0.1, -0.05) is 15.9 Å². The van der Waals surface area contributed by atoms with Gasteiger partial charge < -0.3 is 5.73 Å². The van der Waals surface area contributed by atoms with Crippen molar-refractivity contribution in [3.63, 3.8) is 0 Å². The van der Waals surface area contributed by atoms with E-state index in [4.69, 9.17) is 5.73 Å². The van der Waals surface area contributed by atoms with Crippen LogP contribution >= 0.6 is 49.9 Å². The summed E-state index contributed by atoms with van der Waals surface area (Å²) in [4.78, 5) is 0. The van der Waals surface area contributed by atoms with Gasteiger partial charge in [0.2, 0.25) is 0 Å². The van der Waals surface area contributed by atoms with Gasteiger partial charge in [0.05, 0.1) is 0 Å². The summed E-state index contributed by atoms with van der Waals surface area (Å²) in [5.74, 6) is 0. The standard InChI is InChI=1S/C12H11BrINS/c13-11-2-1-9(14)6-10(11)12(15)5-8-3-4-16-7-8/h1-4,6-7,12H,5,15H2. The first kappa shape index (κ1) is 12.5. The van der Waals surface area contributed by atoms with E-state index in [0.29, 0.717) is 0 Å². The maximum absolute atomic E-state index is 6.23. The fourth-order valence-corrected chi connectivity index (χ4v) is 3.31. The van der Waals surface area contributed by atoms with Gasteiger partial charge in [0.15, 0.2) is 0 Å². The fourth-order valence-electron chi connectivity index (χ4n) is 1.57. The zero-order valence-corrected chi connectivity index (χ0v) is 13.1. The Labute approximate surface area is 121 Å². The van der Waals surface area contributed by atoms with E-state index >= 15 is 0 Å². The van der Waals surface area contributed by atoms with Crippen LogP contribution in [0.25, 0.3) is 0 Å². The molecule has 0 amide bonds. The molecule has 2 aromatic rings. The van der Waals surface area contributed by atoms with Crippen LogP contribution in [0.1, 0.15) is 17.2 Å². The Morgan fingerprint density at radius 2 is 2.19 bits per heavy atom. The van der Waals surface area contributed by atoms with E-state index in [1.807, 2.05) is 0 Å². The zero-order chi connectivity index (χ0) is 11.5. The van der Waals surface area contributed by atoms with Gasteiger partial charge in [-0.05, 0) is 75.2 Å². The lowest BCUT2D eigenvalue weighted by Gasteiger charge is -2.13. The summed E-state index contributed by atoms with van der Waals surface area (Å²) >= 11 is 7.58. The van der Waals surface area contributed by atoms with Crippen LogP contribution in [0.5, 0.6) is 0 Å². The van der Waals surface area contributed by atoms with E-state index in [9.17, 15) is 0 Å². The van der Waals surface area contributed by atoms with Crippen LogP contribution in [0.2, 0.25) is 0 Å². The van der Waals surface area contributed by atoms with Crippen molar-refractivity contribution in [1.29, 1.82) is 0 Å². The molecule has 0 spiro atoms. The summed E-state index contributed by atoms with van der Waals surface area (Å²) in [6.07, 6.45) is 0.891. The lowest BCUT2D eigenvalue weighted by atomic mass is 10.0. The number of rotatable bonds is 3. The molecule has 2 N–H and O–H groups in total. The highest BCUT2D eigenvalue weighted by Crippen LogP contribution is 2.26. The Morgan fingerprint density at radius 1 is 1.38 bits per heavy atom. The maximum atomic E-state index is 6.23. The fraction of sp³-hybridized carbons (Fsp3) is 0.167. The summed E-state index contributed by atoms with van der Waals surface area (Å²) < 4.78 is 2.31. The van der Waals surface area contributed by atoms with Crippen LogP contribution < -0.4 is 5.73 Å². The predicted octanol–water partition coefficient (Wildman–Crippen LogP) is 4.36. The lowest BCUT2D eigenvalue weighted by Crippen LogP contribution is -2.13. The highest BCUT2D eigenvalue weighted by Gasteiger charge is 2.11. The number of hydrogen-bond acceptors (Lipinski definition) is 2. The van der Waals surface area contributed by atoms with Gasteiger partial charge in [0, 0.05) is 14.1 Å². The molecule has 1 aromatic carbocycles. The number of hydrogen-bond donors (Lipinski definition) is 1. The molecule has 0 radical (unpaired) electrons. The van der Waals surface area contributed by atoms with Crippen molar-refractivity contribution in [3.05, 3.63) is 54.2 Å². The van der Waals surface area contributed by atoms with Gasteiger partial charge >= 0.3 is 0 Å². The number of benzene rings is 1. The van der Waals surface area contributed by atoms with Crippen LogP contribution in [0.4, 0.5) is 0 Å². The number of halogens is 2. The molecule has 4 heteroatoms. The predicted molar refractivity (Wildman–Crippen MR) is 81.8 cm³/mol. The Kier molecular flexibility index (Phi) is 4.41. The van der Waals surface area contributed by atoms with E-state index in [1.54, 1.807) is 11.3 Å². The minimum absolute atomic E-state index is 0.0543. The molecular weight excluding hydrogens is 397 g/mol. The number of nitrogens with two attached hydrogens (primary N) is 1. The summed E-state index contributed by atoms with van der Waals surface area (Å²) in [7, 11) is 0. The first-order valence-corrected chi connectivity index (χ1v) is 7.70. The molecule has 84 valence electrons. The molecular formula is C12H11BrINS. The first-order chi connectivity index (χ1) is 7.66. The van der Waals surface area contributed by atoms with Crippen LogP contribution in [0.3, 0.4) is 0 Å². The van der Waals surface area contributed by atoms with Gasteiger partial charge in [-0.2, -0.15) is 11.3 Å². The van der Waals surface area contributed by atoms with Crippen molar-refractivity contribution < 1.29 is 0 Å². The summed E-state index contributed by atoms with van der Waals surface area (Å²) in [6.45, 7) is 0. The molecule has 0 saturated carbocycles. The average molecular weight is 408 g/mol. The van der Waals surface area contributed by atoms with Gasteiger partial charge in [-0.15, -0.1) is 0 Å². The van der Waals surface area contributed by atoms with Crippen molar-refractivity contribution in [1.82, 2.24) is 0 Å². The molecule has 16 heavy (non-hydrogen) atoms. The third kappa shape index (κ3) is 3.06. The quantitative estimate of drug-likeness (QED) is 0.751. The molecule has 0 fully saturated rings. The minimum atomic E-state index is 0.0543. The maximum Gasteiger partial charge on any atom is 0.0347 e. The molecule has 0 aliphatic heterocycles. The molecule has 1 nitrogen and oxygen atoms in total. The van der Waals surface area contributed by atoms with Crippen molar-refractivity contribution in [2.24, 2.45) is 5.73 Å². The van der Waals surface area contributed by atoms with Crippen LogP contribution in [0.15, 0.2) is 39.5 Å². The molecule has 0 aliphatic rings. The largest absolute Gasteiger partial charge is 0.324 e. The second-order valence-corrected chi connectivity index (χ2v) is 6.49. The van der Waals surface area contributed by atoms with Crippen molar-refractivity contribution in [3.8, 4) is 0 Å². The monoisotopic (exact) mass is 407 g/mol. The minimum Gasteiger partial charge on any atom is -0.324 e. The summed E-state index contributed by atoms with van der Waals surface area (Å²) in [6, 6.07) is 8.46. The average Bonchev–Trinajstić information content (AvgIpc) is 2.74. The third-order valence-electron chi connectivity index (χ3n) is 2.39. The molecule has 0 aliphatic carbocycles. The molecule has 1 atom stereocenters. The summed E-state index contributed by atoms with van der Waals surface area (Å²) in [5, 5.41) is 4.24. The second-order valence-electron chi connectivity index (χ2n) is 3.61. The smallest absolute Gasteiger partial charge is 0.0347 e. The van der Waals surface area contributed by atoms with Crippen LogP contribution in [0, 0.1) is 3.57 Å². The van der Waals surface area contributed by atoms with Gasteiger partial charge in [-0.3, -0.25) is 0 Å². The highest BCUT2D eigenvalue weighted by molar-refractivity contribution is 14.1. The van der Waals surface area contributed by atoms with E-state index in [-0.39, 0.29) is 6.04 Å². The second kappa shape index (κ2) is 5.62. The molecule has 0 bridgehead atoms.